The molecule has 0 saturated carbocycles. The molecule has 2 aliphatic heterocycles. The average molecular weight is 323 g/mol. The summed E-state index contributed by atoms with van der Waals surface area (Å²) in [5.74, 6) is 0.246. The molecule has 1 aromatic heterocycles. The highest BCUT2D eigenvalue weighted by atomic mass is 32.1. The smallest absolute Gasteiger partial charge is 0.242 e. The zero-order chi connectivity index (χ0) is 15.5. The number of carbonyl (C=O) groups is 2. The molecule has 2 aliphatic rings. The first-order valence-corrected chi connectivity index (χ1v) is 8.59. The third-order valence-corrected chi connectivity index (χ3v) is 5.18. The van der Waals surface area contributed by atoms with Crippen LogP contribution in [-0.4, -0.2) is 60.1 Å². The molecular formula is C14H21N5O2S. The van der Waals surface area contributed by atoms with E-state index in [9.17, 15) is 9.59 Å². The molecule has 0 unspecified atom stereocenters. The summed E-state index contributed by atoms with van der Waals surface area (Å²) in [6.45, 7) is 2.74. The van der Waals surface area contributed by atoms with Crippen molar-refractivity contribution in [3.8, 4) is 0 Å². The Hall–Kier alpha value is -1.70. The van der Waals surface area contributed by atoms with Gasteiger partial charge in [-0.3, -0.25) is 14.5 Å². The molecule has 0 radical (unpaired) electrons. The van der Waals surface area contributed by atoms with Crippen molar-refractivity contribution >= 4 is 33.4 Å². The molecule has 0 bridgehead atoms. The monoisotopic (exact) mass is 323 g/mol. The first-order valence-electron chi connectivity index (χ1n) is 7.78. The van der Waals surface area contributed by atoms with Crippen molar-refractivity contribution in [1.29, 1.82) is 0 Å². The number of amides is 2. The fraction of sp³-hybridized carbons (Fsp3) is 0.714. The van der Waals surface area contributed by atoms with E-state index in [1.165, 1.54) is 11.3 Å². The normalized spacial score (nSPS) is 18.9. The molecule has 3 rings (SSSR count). The predicted octanol–water partition coefficient (Wildman–Crippen LogP) is 1.11. The van der Waals surface area contributed by atoms with Gasteiger partial charge >= 0.3 is 0 Å². The SMILES string of the molecule is CN(CC(=O)N1CCCC1)c1nnc(N2CCCCC2=O)s1. The minimum atomic E-state index is 0.116. The Morgan fingerprint density at radius 1 is 1.18 bits per heavy atom. The van der Waals surface area contributed by atoms with Gasteiger partial charge in [-0.2, -0.15) is 0 Å². The number of rotatable bonds is 4. The van der Waals surface area contributed by atoms with E-state index in [1.54, 1.807) is 4.90 Å². The third kappa shape index (κ3) is 3.21. The maximum absolute atomic E-state index is 12.2. The molecule has 0 aromatic carbocycles. The number of aromatic nitrogens is 2. The van der Waals surface area contributed by atoms with E-state index in [-0.39, 0.29) is 11.8 Å². The van der Waals surface area contributed by atoms with Gasteiger partial charge in [0, 0.05) is 33.1 Å². The Morgan fingerprint density at radius 2 is 1.91 bits per heavy atom. The van der Waals surface area contributed by atoms with Gasteiger partial charge in [0.15, 0.2) is 0 Å². The lowest BCUT2D eigenvalue weighted by Crippen LogP contribution is -2.37. The van der Waals surface area contributed by atoms with Crippen LogP contribution in [0.25, 0.3) is 0 Å². The van der Waals surface area contributed by atoms with Crippen molar-refractivity contribution in [2.24, 2.45) is 0 Å². The van der Waals surface area contributed by atoms with E-state index in [0.717, 1.165) is 38.8 Å². The minimum absolute atomic E-state index is 0.116. The van der Waals surface area contributed by atoms with Gasteiger partial charge in [0.2, 0.25) is 22.1 Å². The maximum atomic E-state index is 12.2. The lowest BCUT2D eigenvalue weighted by molar-refractivity contribution is -0.128. The summed E-state index contributed by atoms with van der Waals surface area (Å²) >= 11 is 1.37. The second-order valence-electron chi connectivity index (χ2n) is 5.81. The first kappa shape index (κ1) is 15.2. The number of hydrogen-bond donors (Lipinski definition) is 0. The zero-order valence-electron chi connectivity index (χ0n) is 12.8. The van der Waals surface area contributed by atoms with E-state index < -0.39 is 0 Å². The Balaban J connectivity index is 1.62. The number of anilines is 2. The van der Waals surface area contributed by atoms with Crippen LogP contribution in [0.2, 0.25) is 0 Å². The van der Waals surface area contributed by atoms with Gasteiger partial charge in [0.25, 0.3) is 0 Å². The standard InChI is InChI=1S/C14H21N5O2S/c1-17(10-12(21)18-7-4-5-8-18)13-15-16-14(22-13)19-9-3-2-6-11(19)20/h2-10H2,1H3. The van der Waals surface area contributed by atoms with E-state index in [4.69, 9.17) is 0 Å². The molecule has 0 atom stereocenters. The van der Waals surface area contributed by atoms with Crippen LogP contribution in [0.1, 0.15) is 32.1 Å². The molecule has 1 aromatic rings. The van der Waals surface area contributed by atoms with Crippen LogP contribution in [0.4, 0.5) is 10.3 Å². The first-order chi connectivity index (χ1) is 10.6. The van der Waals surface area contributed by atoms with Crippen LogP contribution < -0.4 is 9.80 Å². The summed E-state index contributed by atoms with van der Waals surface area (Å²) in [6, 6.07) is 0. The number of carbonyl (C=O) groups excluding carboxylic acids is 2. The summed E-state index contributed by atoms with van der Waals surface area (Å²) in [4.78, 5) is 29.5. The fourth-order valence-corrected chi connectivity index (χ4v) is 3.67. The van der Waals surface area contributed by atoms with Gasteiger partial charge in [-0.25, -0.2) is 0 Å². The highest BCUT2D eigenvalue weighted by Crippen LogP contribution is 2.29. The molecule has 120 valence electrons. The fourth-order valence-electron chi connectivity index (χ4n) is 2.82. The summed E-state index contributed by atoms with van der Waals surface area (Å²) in [5.41, 5.74) is 0. The van der Waals surface area contributed by atoms with Crippen molar-refractivity contribution in [2.45, 2.75) is 32.1 Å². The number of nitrogens with zero attached hydrogens (tertiary/aromatic N) is 5. The van der Waals surface area contributed by atoms with Crippen LogP contribution >= 0.6 is 11.3 Å². The van der Waals surface area contributed by atoms with Crippen molar-refractivity contribution in [1.82, 2.24) is 15.1 Å². The third-order valence-electron chi connectivity index (χ3n) is 4.12. The number of hydrogen-bond acceptors (Lipinski definition) is 6. The van der Waals surface area contributed by atoms with Crippen LogP contribution in [0.5, 0.6) is 0 Å². The van der Waals surface area contributed by atoms with Gasteiger partial charge in [0.05, 0.1) is 6.54 Å². The topological polar surface area (TPSA) is 69.6 Å². The van der Waals surface area contributed by atoms with Crippen molar-refractivity contribution in [3.05, 3.63) is 0 Å². The molecule has 0 spiro atoms. The van der Waals surface area contributed by atoms with Gasteiger partial charge in [0.1, 0.15) is 0 Å². The molecule has 7 nitrogen and oxygen atoms in total. The summed E-state index contributed by atoms with van der Waals surface area (Å²) < 4.78 is 0. The average Bonchev–Trinajstić information content (AvgIpc) is 3.19. The highest BCUT2D eigenvalue weighted by molar-refractivity contribution is 7.19. The van der Waals surface area contributed by atoms with Crippen LogP contribution in [0.15, 0.2) is 0 Å². The number of piperidine rings is 1. The van der Waals surface area contributed by atoms with Gasteiger partial charge in [-0.1, -0.05) is 11.3 Å². The van der Waals surface area contributed by atoms with Crippen LogP contribution in [-0.2, 0) is 9.59 Å². The molecule has 2 fully saturated rings. The Morgan fingerprint density at radius 3 is 2.64 bits per heavy atom. The molecule has 22 heavy (non-hydrogen) atoms. The molecule has 2 amide bonds. The summed E-state index contributed by atoms with van der Waals surface area (Å²) in [7, 11) is 1.84. The number of likely N-dealkylation sites (N-methyl/N-ethyl adjacent to an activating group) is 1. The molecule has 3 heterocycles. The minimum Gasteiger partial charge on any atom is -0.341 e. The second-order valence-corrected chi connectivity index (χ2v) is 6.75. The summed E-state index contributed by atoms with van der Waals surface area (Å²) in [6.07, 6.45) is 4.72. The largest absolute Gasteiger partial charge is 0.341 e. The highest BCUT2D eigenvalue weighted by Gasteiger charge is 2.25. The quantitative estimate of drug-likeness (QED) is 0.830. The van der Waals surface area contributed by atoms with E-state index >= 15 is 0 Å². The maximum Gasteiger partial charge on any atom is 0.242 e. The van der Waals surface area contributed by atoms with Crippen LogP contribution in [0.3, 0.4) is 0 Å². The van der Waals surface area contributed by atoms with E-state index in [1.807, 2.05) is 16.8 Å². The Bertz CT molecular complexity index is 555. The number of likely N-dealkylation sites (tertiary alicyclic amines) is 1. The van der Waals surface area contributed by atoms with Gasteiger partial charge < -0.3 is 9.80 Å². The van der Waals surface area contributed by atoms with E-state index in [2.05, 4.69) is 10.2 Å². The van der Waals surface area contributed by atoms with Crippen LogP contribution in [0, 0.1) is 0 Å². The Labute approximate surface area is 133 Å². The van der Waals surface area contributed by atoms with Gasteiger partial charge in [-0.05, 0) is 25.7 Å². The Kier molecular flexibility index (Phi) is 4.56. The molecule has 2 saturated heterocycles. The van der Waals surface area contributed by atoms with Crippen molar-refractivity contribution < 1.29 is 9.59 Å². The van der Waals surface area contributed by atoms with E-state index in [0.29, 0.717) is 29.8 Å². The predicted molar refractivity (Wildman–Crippen MR) is 85.2 cm³/mol. The second kappa shape index (κ2) is 6.60. The lowest BCUT2D eigenvalue weighted by Gasteiger charge is -2.23. The molecule has 0 N–H and O–H groups in total. The molecule has 0 aliphatic carbocycles. The lowest BCUT2D eigenvalue weighted by atomic mass is 10.1. The summed E-state index contributed by atoms with van der Waals surface area (Å²) in [5, 5.41) is 9.58. The van der Waals surface area contributed by atoms with Gasteiger partial charge in [-0.15, -0.1) is 10.2 Å². The zero-order valence-corrected chi connectivity index (χ0v) is 13.6. The van der Waals surface area contributed by atoms with Crippen molar-refractivity contribution in [3.63, 3.8) is 0 Å². The molecule has 8 heteroatoms. The van der Waals surface area contributed by atoms with Crippen molar-refractivity contribution in [2.75, 3.05) is 43.0 Å². The molecular weight excluding hydrogens is 302 g/mol.